The van der Waals surface area contributed by atoms with Gasteiger partial charge in [-0.1, -0.05) is 6.92 Å². The predicted molar refractivity (Wildman–Crippen MR) is 40.6 cm³/mol. The van der Waals surface area contributed by atoms with E-state index in [9.17, 15) is 9.59 Å². The van der Waals surface area contributed by atoms with Gasteiger partial charge in [-0.05, 0) is 6.42 Å². The van der Waals surface area contributed by atoms with Crippen LogP contribution >= 0.6 is 11.6 Å². The first-order valence-corrected chi connectivity index (χ1v) is 3.64. The Bertz CT molecular complexity index is 183. The lowest BCUT2D eigenvalue weighted by atomic mass is 9.93. The number of carboxylic acids is 1. The molecule has 0 aromatic rings. The molecule has 0 rings (SSSR count). The number of carbonyl (C=O) groups excluding carboxylic acids is 1. The number of rotatable bonds is 4. The third-order valence-corrected chi connectivity index (χ3v) is 1.80. The molecule has 0 aliphatic heterocycles. The number of halogens is 1. The molecule has 1 unspecified atom stereocenters. The quantitative estimate of drug-likeness (QED) is 0.470. The molecule has 0 fully saturated rings. The van der Waals surface area contributed by atoms with E-state index in [1.165, 1.54) is 6.92 Å². The minimum atomic E-state index is -1.80. The zero-order chi connectivity index (χ0) is 9.07. The Balaban J connectivity index is 4.59. The molecule has 5 heteroatoms. The maximum atomic E-state index is 10.9. The number of carboxylic acid groups (broad SMARTS) is 1. The van der Waals surface area contributed by atoms with Crippen LogP contribution in [0.3, 0.4) is 0 Å². The molecular formula is C6H10ClNO3. The minimum Gasteiger partial charge on any atom is -0.480 e. The van der Waals surface area contributed by atoms with Crippen LogP contribution in [-0.4, -0.2) is 28.3 Å². The van der Waals surface area contributed by atoms with Crippen molar-refractivity contribution in [3.8, 4) is 0 Å². The molecule has 11 heavy (non-hydrogen) atoms. The van der Waals surface area contributed by atoms with Gasteiger partial charge in [0.2, 0.25) is 0 Å². The first-order chi connectivity index (χ1) is 4.99. The van der Waals surface area contributed by atoms with Gasteiger partial charge in [0, 0.05) is 0 Å². The van der Waals surface area contributed by atoms with Crippen molar-refractivity contribution in [1.29, 1.82) is 0 Å². The summed E-state index contributed by atoms with van der Waals surface area (Å²) in [7, 11) is 0. The summed E-state index contributed by atoms with van der Waals surface area (Å²) in [5.74, 6) is -2.35. The third kappa shape index (κ3) is 1.91. The lowest BCUT2D eigenvalue weighted by Crippen LogP contribution is -2.55. The van der Waals surface area contributed by atoms with Crippen molar-refractivity contribution in [2.75, 3.05) is 5.88 Å². The summed E-state index contributed by atoms with van der Waals surface area (Å²) < 4.78 is 0. The first kappa shape index (κ1) is 10.4. The topological polar surface area (TPSA) is 80.4 Å². The van der Waals surface area contributed by atoms with E-state index in [0.717, 1.165) is 0 Å². The highest BCUT2D eigenvalue weighted by molar-refractivity contribution is 6.31. The second-order valence-corrected chi connectivity index (χ2v) is 2.45. The number of carbonyl (C=O) groups is 2. The highest BCUT2D eigenvalue weighted by atomic mass is 35.5. The molecule has 0 aliphatic carbocycles. The second kappa shape index (κ2) is 3.69. The Kier molecular flexibility index (Phi) is 3.48. The fourth-order valence-corrected chi connectivity index (χ4v) is 0.825. The summed E-state index contributed by atoms with van der Waals surface area (Å²) >= 11 is 5.17. The number of alkyl halides is 1. The second-order valence-electron chi connectivity index (χ2n) is 2.19. The van der Waals surface area contributed by atoms with Crippen LogP contribution in [0.2, 0.25) is 0 Å². The Hall–Kier alpha value is -0.610. The molecule has 3 N–H and O–H groups in total. The minimum absolute atomic E-state index is 0.0495. The van der Waals surface area contributed by atoms with Crippen LogP contribution in [0.5, 0.6) is 0 Å². The van der Waals surface area contributed by atoms with Crippen LogP contribution in [-0.2, 0) is 9.59 Å². The van der Waals surface area contributed by atoms with Crippen molar-refractivity contribution in [2.45, 2.75) is 18.9 Å². The Morgan fingerprint density at radius 1 is 1.64 bits per heavy atom. The molecule has 4 nitrogen and oxygen atoms in total. The molecule has 1 atom stereocenters. The van der Waals surface area contributed by atoms with Crippen molar-refractivity contribution in [2.24, 2.45) is 5.73 Å². The van der Waals surface area contributed by atoms with E-state index in [2.05, 4.69) is 0 Å². The van der Waals surface area contributed by atoms with Gasteiger partial charge in [-0.2, -0.15) is 0 Å². The molecule has 0 saturated carbocycles. The number of Topliss-reactive ketones (excluding diaryl/α,β-unsaturated/α-hetero) is 1. The summed E-state index contributed by atoms with van der Waals surface area (Å²) in [5, 5.41) is 8.53. The van der Waals surface area contributed by atoms with Crippen LogP contribution < -0.4 is 5.73 Å². The smallest absolute Gasteiger partial charge is 0.331 e. The molecule has 0 aliphatic rings. The Morgan fingerprint density at radius 2 is 2.09 bits per heavy atom. The Morgan fingerprint density at radius 3 is 2.18 bits per heavy atom. The van der Waals surface area contributed by atoms with Crippen molar-refractivity contribution in [3.63, 3.8) is 0 Å². The van der Waals surface area contributed by atoms with Crippen LogP contribution in [0, 0.1) is 0 Å². The number of nitrogens with two attached hydrogens (primary N) is 1. The predicted octanol–water partition coefficient (Wildman–Crippen LogP) is -0.0136. The van der Waals surface area contributed by atoms with Crippen molar-refractivity contribution >= 4 is 23.4 Å². The van der Waals surface area contributed by atoms with E-state index >= 15 is 0 Å². The molecule has 0 heterocycles. The van der Waals surface area contributed by atoms with Gasteiger partial charge in [0.15, 0.2) is 11.3 Å². The molecule has 0 saturated heterocycles. The van der Waals surface area contributed by atoms with Crippen molar-refractivity contribution in [3.05, 3.63) is 0 Å². The summed E-state index contributed by atoms with van der Waals surface area (Å²) in [6, 6.07) is 0. The van der Waals surface area contributed by atoms with Gasteiger partial charge in [-0.25, -0.2) is 4.79 Å². The summed E-state index contributed by atoms with van der Waals surface area (Å²) in [4.78, 5) is 21.3. The lowest BCUT2D eigenvalue weighted by Gasteiger charge is -2.19. The number of ketones is 1. The summed E-state index contributed by atoms with van der Waals surface area (Å²) in [6.07, 6.45) is 0.0495. The maximum absolute atomic E-state index is 10.9. The average Bonchev–Trinajstić information content (AvgIpc) is 2.01. The van der Waals surface area contributed by atoms with Gasteiger partial charge in [0.1, 0.15) is 0 Å². The highest BCUT2D eigenvalue weighted by Crippen LogP contribution is 2.08. The molecule has 0 spiro atoms. The standard InChI is InChI=1S/C6H10ClNO3/c1-2-6(8,5(10)11)4(9)3-7/h2-3,8H2,1H3,(H,10,11). The molecule has 0 aromatic heterocycles. The summed E-state index contributed by atoms with van der Waals surface area (Å²) in [5.41, 5.74) is 3.46. The third-order valence-electron chi connectivity index (χ3n) is 1.56. The molecule has 64 valence electrons. The fraction of sp³-hybridized carbons (Fsp3) is 0.667. The van der Waals surface area contributed by atoms with Crippen LogP contribution in [0.1, 0.15) is 13.3 Å². The van der Waals surface area contributed by atoms with E-state index in [4.69, 9.17) is 22.4 Å². The van der Waals surface area contributed by atoms with Crippen molar-refractivity contribution in [1.82, 2.24) is 0 Å². The van der Waals surface area contributed by atoms with Gasteiger partial charge in [0.05, 0.1) is 5.88 Å². The van der Waals surface area contributed by atoms with Gasteiger partial charge in [-0.15, -0.1) is 11.6 Å². The Labute approximate surface area is 69.3 Å². The zero-order valence-corrected chi connectivity index (χ0v) is 6.89. The van der Waals surface area contributed by atoms with E-state index in [-0.39, 0.29) is 12.3 Å². The highest BCUT2D eigenvalue weighted by Gasteiger charge is 2.39. The number of hydrogen-bond donors (Lipinski definition) is 2. The normalized spacial score (nSPS) is 15.5. The van der Waals surface area contributed by atoms with Crippen molar-refractivity contribution < 1.29 is 14.7 Å². The number of hydrogen-bond acceptors (Lipinski definition) is 3. The monoisotopic (exact) mass is 179 g/mol. The molecule has 0 radical (unpaired) electrons. The van der Waals surface area contributed by atoms with E-state index in [1.807, 2.05) is 0 Å². The van der Waals surface area contributed by atoms with Gasteiger partial charge >= 0.3 is 5.97 Å². The average molecular weight is 180 g/mol. The lowest BCUT2D eigenvalue weighted by molar-refractivity contribution is -0.147. The SMILES string of the molecule is CCC(N)(C(=O)O)C(=O)CCl. The van der Waals surface area contributed by atoms with Crippen LogP contribution in [0.25, 0.3) is 0 Å². The zero-order valence-electron chi connectivity index (χ0n) is 6.13. The largest absolute Gasteiger partial charge is 0.480 e. The fourth-order valence-electron chi connectivity index (χ4n) is 0.587. The first-order valence-electron chi connectivity index (χ1n) is 3.10. The van der Waals surface area contributed by atoms with Gasteiger partial charge in [0.25, 0.3) is 0 Å². The van der Waals surface area contributed by atoms with Gasteiger partial charge < -0.3 is 10.8 Å². The summed E-state index contributed by atoms with van der Waals surface area (Å²) in [6.45, 7) is 1.53. The van der Waals surface area contributed by atoms with E-state index in [0.29, 0.717) is 0 Å². The molecule has 0 bridgehead atoms. The molecule has 0 amide bonds. The van der Waals surface area contributed by atoms with Crippen LogP contribution in [0.15, 0.2) is 0 Å². The van der Waals surface area contributed by atoms with Gasteiger partial charge in [-0.3, -0.25) is 4.79 Å². The maximum Gasteiger partial charge on any atom is 0.331 e. The van der Waals surface area contributed by atoms with Crippen LogP contribution in [0.4, 0.5) is 0 Å². The molecule has 0 aromatic carbocycles. The van der Waals surface area contributed by atoms with E-state index in [1.54, 1.807) is 0 Å². The van der Waals surface area contributed by atoms with E-state index < -0.39 is 17.3 Å². The number of aliphatic carboxylic acids is 1. The molecular weight excluding hydrogens is 170 g/mol.